The zero-order chi connectivity index (χ0) is 21.1. The molecule has 0 atom stereocenters. The van der Waals surface area contributed by atoms with Crippen molar-refractivity contribution in [2.45, 2.75) is 19.9 Å². The second-order valence-electron chi connectivity index (χ2n) is 7.02. The summed E-state index contributed by atoms with van der Waals surface area (Å²) in [6, 6.07) is 13.4. The molecule has 4 rings (SSSR count). The first-order valence-corrected chi connectivity index (χ1v) is 9.84. The molecule has 1 aliphatic heterocycles. The standard InChI is InChI=1S/C23H22FN3O3/c1-2-30-22(28)19-14-27(23(29)25-13-15-7-9-16(24)10-8-15)12-11-18-17-5-3-4-6-20(17)26-21(18)19/h3-10,14,26H,2,11-13H2,1H3,(H,25,29). The summed E-state index contributed by atoms with van der Waals surface area (Å²) >= 11 is 0. The van der Waals surface area contributed by atoms with Crippen molar-refractivity contribution in [3.8, 4) is 0 Å². The summed E-state index contributed by atoms with van der Waals surface area (Å²) in [6.45, 7) is 2.65. The van der Waals surface area contributed by atoms with E-state index in [2.05, 4.69) is 10.3 Å². The van der Waals surface area contributed by atoms with Gasteiger partial charge in [0.1, 0.15) is 5.82 Å². The summed E-state index contributed by atoms with van der Waals surface area (Å²) in [6.07, 6.45) is 2.13. The number of halogens is 1. The molecule has 6 nitrogen and oxygen atoms in total. The molecule has 0 fully saturated rings. The Balaban J connectivity index is 1.61. The molecule has 0 saturated carbocycles. The van der Waals surface area contributed by atoms with Gasteiger partial charge in [0.15, 0.2) is 0 Å². The average molecular weight is 407 g/mol. The Morgan fingerprint density at radius 3 is 2.70 bits per heavy atom. The van der Waals surface area contributed by atoms with Gasteiger partial charge in [-0.2, -0.15) is 0 Å². The van der Waals surface area contributed by atoms with Gasteiger partial charge in [-0.3, -0.25) is 4.90 Å². The lowest BCUT2D eigenvalue weighted by Gasteiger charge is -2.18. The number of ether oxygens (including phenoxy) is 1. The number of nitrogens with zero attached hydrogens (tertiary/aromatic N) is 1. The minimum Gasteiger partial charge on any atom is -0.462 e. The monoisotopic (exact) mass is 407 g/mol. The van der Waals surface area contributed by atoms with Crippen LogP contribution in [0.25, 0.3) is 16.5 Å². The van der Waals surface area contributed by atoms with Crippen molar-refractivity contribution < 1.29 is 18.7 Å². The lowest BCUT2D eigenvalue weighted by Crippen LogP contribution is -2.37. The van der Waals surface area contributed by atoms with E-state index < -0.39 is 5.97 Å². The lowest BCUT2D eigenvalue weighted by atomic mass is 10.0. The third kappa shape index (κ3) is 3.91. The summed E-state index contributed by atoms with van der Waals surface area (Å²) in [4.78, 5) is 30.2. The van der Waals surface area contributed by atoms with E-state index in [9.17, 15) is 14.0 Å². The summed E-state index contributed by atoms with van der Waals surface area (Å²) in [5, 5.41) is 3.85. The van der Waals surface area contributed by atoms with Crippen molar-refractivity contribution in [1.82, 2.24) is 15.2 Å². The molecule has 2 N–H and O–H groups in total. The SMILES string of the molecule is CCOC(=O)C1=CN(C(=O)NCc2ccc(F)cc2)CCc2c1[nH]c1ccccc21. The van der Waals surface area contributed by atoms with Crippen LogP contribution in [0.1, 0.15) is 23.7 Å². The van der Waals surface area contributed by atoms with Crippen LogP contribution in [0.3, 0.4) is 0 Å². The number of hydrogen-bond donors (Lipinski definition) is 2. The number of rotatable bonds is 4. The third-order valence-corrected chi connectivity index (χ3v) is 5.08. The molecule has 2 amide bonds. The van der Waals surface area contributed by atoms with Gasteiger partial charge in [-0.05, 0) is 42.7 Å². The van der Waals surface area contributed by atoms with Gasteiger partial charge in [-0.15, -0.1) is 0 Å². The van der Waals surface area contributed by atoms with Gasteiger partial charge in [0.05, 0.1) is 17.9 Å². The molecule has 2 aromatic carbocycles. The zero-order valence-electron chi connectivity index (χ0n) is 16.6. The Morgan fingerprint density at radius 1 is 1.17 bits per heavy atom. The number of aromatic amines is 1. The third-order valence-electron chi connectivity index (χ3n) is 5.08. The average Bonchev–Trinajstić information content (AvgIpc) is 3.00. The van der Waals surface area contributed by atoms with E-state index in [0.717, 1.165) is 22.0 Å². The van der Waals surface area contributed by atoms with E-state index in [0.29, 0.717) is 24.2 Å². The molecular formula is C23H22FN3O3. The number of urea groups is 1. The number of esters is 1. The topological polar surface area (TPSA) is 74.4 Å². The fourth-order valence-electron chi connectivity index (χ4n) is 3.61. The Labute approximate surface area is 173 Å². The van der Waals surface area contributed by atoms with Gasteiger partial charge in [0, 0.05) is 30.2 Å². The van der Waals surface area contributed by atoms with Crippen LogP contribution in [-0.4, -0.2) is 35.0 Å². The van der Waals surface area contributed by atoms with Crippen LogP contribution in [0.4, 0.5) is 9.18 Å². The maximum absolute atomic E-state index is 13.1. The molecule has 0 unspecified atom stereocenters. The number of aromatic nitrogens is 1. The van der Waals surface area contributed by atoms with Crippen molar-refractivity contribution in [1.29, 1.82) is 0 Å². The largest absolute Gasteiger partial charge is 0.462 e. The first kappa shape index (κ1) is 19.7. The van der Waals surface area contributed by atoms with Gasteiger partial charge in [0.25, 0.3) is 0 Å². The Hall–Kier alpha value is -3.61. The number of carbonyl (C=O) groups is 2. The molecule has 1 aliphatic rings. The number of benzene rings is 2. The molecule has 30 heavy (non-hydrogen) atoms. The predicted molar refractivity (Wildman–Crippen MR) is 112 cm³/mol. The first-order valence-electron chi connectivity index (χ1n) is 9.84. The van der Waals surface area contributed by atoms with Gasteiger partial charge in [-0.1, -0.05) is 30.3 Å². The van der Waals surface area contributed by atoms with Crippen molar-refractivity contribution in [2.24, 2.45) is 0 Å². The van der Waals surface area contributed by atoms with Crippen LogP contribution < -0.4 is 5.32 Å². The second-order valence-corrected chi connectivity index (χ2v) is 7.02. The van der Waals surface area contributed by atoms with E-state index in [4.69, 9.17) is 4.74 Å². The Bertz CT molecular complexity index is 1120. The van der Waals surface area contributed by atoms with E-state index in [-0.39, 0.29) is 25.0 Å². The van der Waals surface area contributed by atoms with Crippen LogP contribution in [0, 0.1) is 5.82 Å². The van der Waals surface area contributed by atoms with E-state index in [1.54, 1.807) is 25.3 Å². The highest BCUT2D eigenvalue weighted by atomic mass is 19.1. The highest BCUT2D eigenvalue weighted by Gasteiger charge is 2.27. The van der Waals surface area contributed by atoms with Crippen LogP contribution in [0.2, 0.25) is 0 Å². The fraction of sp³-hybridized carbons (Fsp3) is 0.217. The van der Waals surface area contributed by atoms with E-state index >= 15 is 0 Å². The molecule has 2 heterocycles. The summed E-state index contributed by atoms with van der Waals surface area (Å²) in [5.41, 5.74) is 3.71. The van der Waals surface area contributed by atoms with Crippen molar-refractivity contribution in [3.63, 3.8) is 0 Å². The minimum absolute atomic E-state index is 0.239. The van der Waals surface area contributed by atoms with Gasteiger partial charge in [0.2, 0.25) is 0 Å². The minimum atomic E-state index is -0.483. The second kappa shape index (κ2) is 8.41. The maximum Gasteiger partial charge on any atom is 0.341 e. The number of carbonyl (C=O) groups excluding carboxylic acids is 2. The first-order chi connectivity index (χ1) is 14.6. The van der Waals surface area contributed by atoms with Crippen LogP contribution >= 0.6 is 0 Å². The van der Waals surface area contributed by atoms with Crippen LogP contribution in [0.15, 0.2) is 54.7 Å². The van der Waals surface area contributed by atoms with Crippen LogP contribution in [-0.2, 0) is 22.5 Å². The number of fused-ring (bicyclic) bond motifs is 3. The highest BCUT2D eigenvalue weighted by molar-refractivity contribution is 6.18. The van der Waals surface area contributed by atoms with Crippen molar-refractivity contribution in [2.75, 3.05) is 13.2 Å². The fourth-order valence-corrected chi connectivity index (χ4v) is 3.61. The molecule has 0 radical (unpaired) electrons. The summed E-state index contributed by atoms with van der Waals surface area (Å²) < 4.78 is 18.3. The Morgan fingerprint density at radius 2 is 1.93 bits per heavy atom. The predicted octanol–water partition coefficient (Wildman–Crippen LogP) is 3.98. The maximum atomic E-state index is 13.1. The number of para-hydroxylation sites is 1. The van der Waals surface area contributed by atoms with Gasteiger partial charge < -0.3 is 15.0 Å². The van der Waals surface area contributed by atoms with Crippen molar-refractivity contribution in [3.05, 3.63) is 77.4 Å². The normalized spacial score (nSPS) is 13.4. The molecule has 0 spiro atoms. The summed E-state index contributed by atoms with van der Waals surface area (Å²) in [5.74, 6) is -0.809. The van der Waals surface area contributed by atoms with Gasteiger partial charge in [-0.25, -0.2) is 14.0 Å². The number of H-pyrrole nitrogens is 1. The lowest BCUT2D eigenvalue weighted by molar-refractivity contribution is -0.136. The molecule has 0 bridgehead atoms. The van der Waals surface area contributed by atoms with E-state index in [1.165, 1.54) is 17.0 Å². The Kier molecular flexibility index (Phi) is 5.52. The van der Waals surface area contributed by atoms with E-state index in [1.807, 2.05) is 24.3 Å². The molecule has 3 aromatic rings. The number of hydrogen-bond acceptors (Lipinski definition) is 3. The quantitative estimate of drug-likeness (QED) is 0.643. The number of nitrogens with one attached hydrogen (secondary N) is 2. The highest BCUT2D eigenvalue weighted by Crippen LogP contribution is 2.31. The molecule has 0 saturated heterocycles. The van der Waals surface area contributed by atoms with Crippen LogP contribution in [0.5, 0.6) is 0 Å². The molecular weight excluding hydrogens is 385 g/mol. The molecule has 1 aromatic heterocycles. The smallest absolute Gasteiger partial charge is 0.341 e. The molecule has 7 heteroatoms. The van der Waals surface area contributed by atoms with Gasteiger partial charge >= 0.3 is 12.0 Å². The van der Waals surface area contributed by atoms with Crippen molar-refractivity contribution >= 4 is 28.5 Å². The number of amides is 2. The molecule has 154 valence electrons. The zero-order valence-corrected chi connectivity index (χ0v) is 16.6. The molecule has 0 aliphatic carbocycles. The summed E-state index contributed by atoms with van der Waals surface area (Å²) in [7, 11) is 0.